The molecule has 0 spiro atoms. The van der Waals surface area contributed by atoms with E-state index in [0.717, 1.165) is 6.42 Å². The molecule has 1 saturated carbocycles. The molecule has 5 heteroatoms. The Morgan fingerprint density at radius 2 is 2.12 bits per heavy atom. The minimum absolute atomic E-state index is 0. The SMILES string of the molecule is Cl.N[C@H](CC1CC1)c1cc(F)cc(Br)c1O. The van der Waals surface area contributed by atoms with Crippen molar-refractivity contribution in [1.29, 1.82) is 0 Å². The van der Waals surface area contributed by atoms with Crippen LogP contribution >= 0.6 is 28.3 Å². The second-order valence-corrected chi connectivity index (χ2v) is 4.97. The van der Waals surface area contributed by atoms with Crippen LogP contribution in [0.15, 0.2) is 16.6 Å². The van der Waals surface area contributed by atoms with Crippen molar-refractivity contribution in [1.82, 2.24) is 0 Å². The molecule has 16 heavy (non-hydrogen) atoms. The number of hydrogen-bond acceptors (Lipinski definition) is 2. The molecule has 1 aliphatic carbocycles. The maximum Gasteiger partial charge on any atom is 0.134 e. The zero-order valence-corrected chi connectivity index (χ0v) is 11.0. The monoisotopic (exact) mass is 309 g/mol. The maximum absolute atomic E-state index is 13.1. The molecule has 90 valence electrons. The molecule has 3 N–H and O–H groups in total. The topological polar surface area (TPSA) is 46.2 Å². The van der Waals surface area contributed by atoms with E-state index in [2.05, 4.69) is 15.9 Å². The fourth-order valence-electron chi connectivity index (χ4n) is 1.71. The Kier molecular flexibility index (Phi) is 4.59. The highest BCUT2D eigenvalue weighted by Crippen LogP contribution is 2.40. The Labute approximate surface area is 109 Å². The summed E-state index contributed by atoms with van der Waals surface area (Å²) in [5.41, 5.74) is 6.42. The highest BCUT2D eigenvalue weighted by Gasteiger charge is 2.26. The van der Waals surface area contributed by atoms with Crippen LogP contribution in [0, 0.1) is 11.7 Å². The van der Waals surface area contributed by atoms with Gasteiger partial charge in [0.2, 0.25) is 0 Å². The molecule has 0 aliphatic heterocycles. The maximum atomic E-state index is 13.1. The Hall–Kier alpha value is -0.320. The van der Waals surface area contributed by atoms with Crippen molar-refractivity contribution in [2.45, 2.75) is 25.3 Å². The van der Waals surface area contributed by atoms with Gasteiger partial charge in [-0.25, -0.2) is 4.39 Å². The summed E-state index contributed by atoms with van der Waals surface area (Å²) < 4.78 is 13.5. The summed E-state index contributed by atoms with van der Waals surface area (Å²) in [5.74, 6) is 0.340. The Bertz CT molecular complexity index is 384. The second-order valence-electron chi connectivity index (χ2n) is 4.11. The number of benzene rings is 1. The molecule has 0 aromatic heterocycles. The number of aromatic hydroxyl groups is 1. The molecular formula is C11H14BrClFNO. The fourth-order valence-corrected chi connectivity index (χ4v) is 2.16. The molecule has 0 saturated heterocycles. The summed E-state index contributed by atoms with van der Waals surface area (Å²) in [6, 6.07) is 2.28. The van der Waals surface area contributed by atoms with E-state index in [9.17, 15) is 9.50 Å². The predicted octanol–water partition coefficient (Wildman–Crippen LogP) is 3.52. The first-order valence-corrected chi connectivity index (χ1v) is 5.80. The first kappa shape index (κ1) is 13.7. The largest absolute Gasteiger partial charge is 0.506 e. The Balaban J connectivity index is 0.00000128. The van der Waals surface area contributed by atoms with Gasteiger partial charge in [0.05, 0.1) is 4.47 Å². The van der Waals surface area contributed by atoms with E-state index in [-0.39, 0.29) is 30.0 Å². The lowest BCUT2D eigenvalue weighted by molar-refractivity contribution is 0.448. The molecule has 0 bridgehead atoms. The summed E-state index contributed by atoms with van der Waals surface area (Å²) >= 11 is 3.10. The Morgan fingerprint density at radius 1 is 1.50 bits per heavy atom. The van der Waals surface area contributed by atoms with Crippen LogP contribution < -0.4 is 5.73 Å². The van der Waals surface area contributed by atoms with Crippen LogP contribution in [0.1, 0.15) is 30.9 Å². The van der Waals surface area contributed by atoms with Gasteiger partial charge in [-0.05, 0) is 40.4 Å². The van der Waals surface area contributed by atoms with Crippen LogP contribution in [-0.2, 0) is 0 Å². The summed E-state index contributed by atoms with van der Waals surface area (Å²) in [7, 11) is 0. The molecule has 1 aromatic rings. The molecule has 1 aliphatic rings. The minimum atomic E-state index is -0.374. The van der Waals surface area contributed by atoms with Crippen molar-refractivity contribution in [2.75, 3.05) is 0 Å². The van der Waals surface area contributed by atoms with Crippen molar-refractivity contribution >= 4 is 28.3 Å². The fraction of sp³-hybridized carbons (Fsp3) is 0.455. The summed E-state index contributed by atoms with van der Waals surface area (Å²) in [6.45, 7) is 0. The molecule has 1 fully saturated rings. The normalized spacial score (nSPS) is 16.7. The van der Waals surface area contributed by atoms with Crippen LogP contribution in [-0.4, -0.2) is 5.11 Å². The lowest BCUT2D eigenvalue weighted by Gasteiger charge is -2.14. The third-order valence-electron chi connectivity index (χ3n) is 2.74. The lowest BCUT2D eigenvalue weighted by Crippen LogP contribution is -2.11. The van der Waals surface area contributed by atoms with Crippen molar-refractivity contribution in [3.8, 4) is 5.75 Å². The summed E-state index contributed by atoms with van der Waals surface area (Å²) in [5, 5.41) is 9.73. The van der Waals surface area contributed by atoms with Crippen molar-refractivity contribution in [3.05, 3.63) is 28.0 Å². The Morgan fingerprint density at radius 3 is 2.69 bits per heavy atom. The number of phenols is 1. The van der Waals surface area contributed by atoms with Gasteiger partial charge in [0.15, 0.2) is 0 Å². The third kappa shape index (κ3) is 3.09. The van der Waals surface area contributed by atoms with Crippen molar-refractivity contribution in [2.24, 2.45) is 11.7 Å². The average Bonchev–Trinajstić information content (AvgIpc) is 2.94. The molecule has 0 unspecified atom stereocenters. The third-order valence-corrected chi connectivity index (χ3v) is 3.35. The van der Waals surface area contributed by atoms with E-state index in [1.165, 1.54) is 25.0 Å². The van der Waals surface area contributed by atoms with Gasteiger partial charge in [-0.2, -0.15) is 0 Å². The zero-order valence-electron chi connectivity index (χ0n) is 8.62. The van der Waals surface area contributed by atoms with Gasteiger partial charge in [-0.15, -0.1) is 12.4 Å². The standard InChI is InChI=1S/C11H13BrFNO.ClH/c12-9-5-7(13)4-8(11(9)15)10(14)3-6-1-2-6;/h4-6,10,15H,1-3,14H2;1H/t10-;/m1./s1. The number of rotatable bonds is 3. The highest BCUT2D eigenvalue weighted by molar-refractivity contribution is 9.10. The van der Waals surface area contributed by atoms with Crippen LogP contribution in [0.25, 0.3) is 0 Å². The smallest absolute Gasteiger partial charge is 0.134 e. The number of hydrogen-bond donors (Lipinski definition) is 2. The van der Waals surface area contributed by atoms with E-state index < -0.39 is 0 Å². The van der Waals surface area contributed by atoms with Crippen LogP contribution in [0.3, 0.4) is 0 Å². The van der Waals surface area contributed by atoms with Gasteiger partial charge >= 0.3 is 0 Å². The number of halogens is 3. The van der Waals surface area contributed by atoms with Crippen molar-refractivity contribution in [3.63, 3.8) is 0 Å². The molecule has 2 nitrogen and oxygen atoms in total. The second kappa shape index (κ2) is 5.34. The molecule has 2 rings (SSSR count). The lowest BCUT2D eigenvalue weighted by atomic mass is 10.0. The molecule has 0 radical (unpaired) electrons. The van der Waals surface area contributed by atoms with E-state index in [1.54, 1.807) is 0 Å². The summed E-state index contributed by atoms with van der Waals surface area (Å²) in [4.78, 5) is 0. The number of phenolic OH excluding ortho intramolecular Hbond substituents is 1. The molecule has 1 aromatic carbocycles. The highest BCUT2D eigenvalue weighted by atomic mass is 79.9. The van der Waals surface area contributed by atoms with E-state index >= 15 is 0 Å². The van der Waals surface area contributed by atoms with Crippen LogP contribution in [0.4, 0.5) is 4.39 Å². The van der Waals surface area contributed by atoms with E-state index in [0.29, 0.717) is 16.0 Å². The summed E-state index contributed by atoms with van der Waals surface area (Å²) in [6.07, 6.45) is 3.22. The van der Waals surface area contributed by atoms with E-state index in [4.69, 9.17) is 5.73 Å². The van der Waals surface area contributed by atoms with Gasteiger partial charge in [0.25, 0.3) is 0 Å². The quantitative estimate of drug-likeness (QED) is 0.897. The minimum Gasteiger partial charge on any atom is -0.506 e. The molecule has 0 heterocycles. The first-order valence-electron chi connectivity index (χ1n) is 5.01. The van der Waals surface area contributed by atoms with Gasteiger partial charge in [-0.1, -0.05) is 12.8 Å². The molecule has 0 amide bonds. The van der Waals surface area contributed by atoms with Gasteiger partial charge < -0.3 is 10.8 Å². The van der Waals surface area contributed by atoms with Gasteiger partial charge in [-0.3, -0.25) is 0 Å². The van der Waals surface area contributed by atoms with Crippen molar-refractivity contribution < 1.29 is 9.50 Å². The van der Waals surface area contributed by atoms with Gasteiger partial charge in [0.1, 0.15) is 11.6 Å². The first-order chi connectivity index (χ1) is 7.08. The number of nitrogens with two attached hydrogens (primary N) is 1. The van der Waals surface area contributed by atoms with Crippen LogP contribution in [0.5, 0.6) is 5.75 Å². The molecular weight excluding hydrogens is 296 g/mol. The van der Waals surface area contributed by atoms with Gasteiger partial charge in [0, 0.05) is 11.6 Å². The molecule has 1 atom stereocenters. The average molecular weight is 311 g/mol. The predicted molar refractivity (Wildman–Crippen MR) is 67.3 cm³/mol. The van der Waals surface area contributed by atoms with E-state index in [1.807, 2.05) is 0 Å². The van der Waals surface area contributed by atoms with Crippen LogP contribution in [0.2, 0.25) is 0 Å². The zero-order chi connectivity index (χ0) is 11.0.